The predicted molar refractivity (Wildman–Crippen MR) is 135 cm³/mol. The topological polar surface area (TPSA) is 90.3 Å². The maximum Gasteiger partial charge on any atom is 0.343 e. The van der Waals surface area contributed by atoms with Crippen molar-refractivity contribution in [3.63, 3.8) is 0 Å². The van der Waals surface area contributed by atoms with Gasteiger partial charge < -0.3 is 10.1 Å². The number of benzene rings is 3. The van der Waals surface area contributed by atoms with Gasteiger partial charge in [0.25, 0.3) is 5.91 Å². The van der Waals surface area contributed by atoms with Crippen LogP contribution in [-0.2, 0) is 9.59 Å². The molecular weight excluding hydrogens is 466 g/mol. The number of carbonyl (C=O) groups excluding carboxylic acids is 3. The summed E-state index contributed by atoms with van der Waals surface area (Å²) in [6, 6.07) is 14.4. The molecule has 3 aromatic carbocycles. The maximum atomic E-state index is 13.2. The Balaban J connectivity index is 1.60. The number of amides is 1. The molecule has 4 aromatic rings. The maximum absolute atomic E-state index is 13.2. The molecule has 0 aliphatic heterocycles. The monoisotopic (exact) mass is 489 g/mol. The van der Waals surface area contributed by atoms with Crippen molar-refractivity contribution >= 4 is 45.9 Å². The number of halogens is 1. The average molecular weight is 490 g/mol. The lowest BCUT2D eigenvalue weighted by Gasteiger charge is -2.17. The van der Waals surface area contributed by atoms with Crippen LogP contribution in [-0.4, -0.2) is 27.4 Å². The fourth-order valence-electron chi connectivity index (χ4n) is 3.84. The minimum atomic E-state index is -1.21. The molecule has 178 valence electrons. The third-order valence-corrected chi connectivity index (χ3v) is 5.95. The first-order chi connectivity index (χ1) is 16.6. The Hall–Kier alpha value is -3.97. The summed E-state index contributed by atoms with van der Waals surface area (Å²) < 4.78 is 6.92. The lowest BCUT2D eigenvalue weighted by Crippen LogP contribution is -2.32. The van der Waals surface area contributed by atoms with Crippen molar-refractivity contribution < 1.29 is 19.1 Å². The normalized spacial score (nSPS) is 11.8. The number of Topliss-reactive ketones (excluding diaryl/α,β-unsaturated/α-hetero) is 1. The second kappa shape index (κ2) is 9.72. The van der Waals surface area contributed by atoms with Gasteiger partial charge >= 0.3 is 5.97 Å². The molecule has 0 saturated heterocycles. The molecule has 1 amide bonds. The molecule has 0 radical (unpaired) electrons. The van der Waals surface area contributed by atoms with Crippen LogP contribution in [0.4, 0.5) is 5.69 Å². The molecule has 1 N–H and O–H groups in total. The summed E-state index contributed by atoms with van der Waals surface area (Å²) in [5, 5.41) is 7.98. The van der Waals surface area contributed by atoms with Crippen molar-refractivity contribution in [1.82, 2.24) is 9.78 Å². The van der Waals surface area contributed by atoms with E-state index in [2.05, 4.69) is 10.4 Å². The molecule has 1 atom stereocenters. The summed E-state index contributed by atoms with van der Waals surface area (Å²) in [5.41, 5.74) is 3.90. The summed E-state index contributed by atoms with van der Waals surface area (Å²) in [6.07, 6.45) is 1.61. The third kappa shape index (κ3) is 5.10. The molecular formula is C27H24ClN3O4. The molecule has 0 spiro atoms. The van der Waals surface area contributed by atoms with Gasteiger partial charge in [0.2, 0.25) is 0 Å². The van der Waals surface area contributed by atoms with Gasteiger partial charge in [-0.2, -0.15) is 5.10 Å². The predicted octanol–water partition coefficient (Wildman–Crippen LogP) is 5.60. The van der Waals surface area contributed by atoms with Gasteiger partial charge in [0.05, 0.1) is 28.0 Å². The lowest BCUT2D eigenvalue weighted by molar-refractivity contribution is -0.129. The summed E-state index contributed by atoms with van der Waals surface area (Å²) >= 11 is 6.30. The summed E-state index contributed by atoms with van der Waals surface area (Å²) in [5.74, 6) is -1.17. The van der Waals surface area contributed by atoms with E-state index in [9.17, 15) is 14.4 Å². The standard InChI is InChI=1S/C27H24ClN3O4/c1-15-6-10-24(17(3)11-15)35-27(34)19-8-9-21(28)22(13-19)30-26(33)25(18(4)32)31-23-12-16(2)5-7-20(23)14-29-31/h5-14,25H,1-4H3,(H,30,33). The van der Waals surface area contributed by atoms with Gasteiger partial charge in [0.1, 0.15) is 5.75 Å². The van der Waals surface area contributed by atoms with Crippen molar-refractivity contribution in [1.29, 1.82) is 0 Å². The second-order valence-corrected chi connectivity index (χ2v) is 8.91. The van der Waals surface area contributed by atoms with E-state index in [0.29, 0.717) is 11.3 Å². The molecule has 0 aliphatic rings. The van der Waals surface area contributed by atoms with E-state index < -0.39 is 23.7 Å². The Labute approximate surface area is 207 Å². The number of ketones is 1. The fourth-order valence-corrected chi connectivity index (χ4v) is 4.01. The van der Waals surface area contributed by atoms with Gasteiger partial charge in [-0.1, -0.05) is 41.4 Å². The van der Waals surface area contributed by atoms with E-state index in [1.54, 1.807) is 12.3 Å². The number of rotatable bonds is 6. The highest BCUT2D eigenvalue weighted by Gasteiger charge is 2.28. The van der Waals surface area contributed by atoms with Crippen LogP contribution >= 0.6 is 11.6 Å². The SMILES string of the molecule is CC(=O)C(C(=O)Nc1cc(C(=O)Oc2ccc(C)cc2C)ccc1Cl)n1ncc2ccc(C)cc21. The molecule has 1 heterocycles. The number of aromatic nitrogens is 2. The number of ether oxygens (including phenoxy) is 1. The summed E-state index contributed by atoms with van der Waals surface area (Å²) in [4.78, 5) is 38.5. The Kier molecular flexibility index (Phi) is 6.71. The second-order valence-electron chi connectivity index (χ2n) is 8.51. The molecule has 8 heteroatoms. The Morgan fingerprint density at radius 2 is 1.69 bits per heavy atom. The Morgan fingerprint density at radius 1 is 0.971 bits per heavy atom. The highest BCUT2D eigenvalue weighted by Crippen LogP contribution is 2.27. The van der Waals surface area contributed by atoms with E-state index in [0.717, 1.165) is 22.1 Å². The lowest BCUT2D eigenvalue weighted by atomic mass is 10.1. The van der Waals surface area contributed by atoms with E-state index in [1.165, 1.54) is 29.8 Å². The third-order valence-electron chi connectivity index (χ3n) is 5.62. The fraction of sp³-hybridized carbons (Fsp3) is 0.185. The van der Waals surface area contributed by atoms with Gasteiger partial charge in [-0.05, 0) is 69.2 Å². The van der Waals surface area contributed by atoms with Crippen molar-refractivity contribution in [3.05, 3.63) is 88.1 Å². The minimum Gasteiger partial charge on any atom is -0.423 e. The van der Waals surface area contributed by atoms with Crippen LogP contribution in [0.1, 0.15) is 40.0 Å². The number of anilines is 1. The van der Waals surface area contributed by atoms with Crippen LogP contribution < -0.4 is 10.1 Å². The van der Waals surface area contributed by atoms with Crippen molar-refractivity contribution in [2.75, 3.05) is 5.32 Å². The van der Waals surface area contributed by atoms with E-state index in [1.807, 2.05) is 51.1 Å². The number of hydrogen-bond donors (Lipinski definition) is 1. The first kappa shape index (κ1) is 24.2. The van der Waals surface area contributed by atoms with Crippen LogP contribution in [0.5, 0.6) is 5.75 Å². The van der Waals surface area contributed by atoms with Crippen LogP contribution in [0.3, 0.4) is 0 Å². The molecule has 35 heavy (non-hydrogen) atoms. The van der Waals surface area contributed by atoms with Crippen molar-refractivity contribution in [3.8, 4) is 5.75 Å². The number of aryl methyl sites for hydroxylation is 3. The van der Waals surface area contributed by atoms with E-state index >= 15 is 0 Å². The number of nitrogens with one attached hydrogen (secondary N) is 1. The van der Waals surface area contributed by atoms with Crippen LogP contribution in [0.2, 0.25) is 5.02 Å². The van der Waals surface area contributed by atoms with Crippen LogP contribution in [0, 0.1) is 20.8 Å². The molecule has 0 saturated carbocycles. The molecule has 7 nitrogen and oxygen atoms in total. The number of hydrogen-bond acceptors (Lipinski definition) is 5. The number of esters is 1. The van der Waals surface area contributed by atoms with Crippen molar-refractivity contribution in [2.24, 2.45) is 0 Å². The van der Waals surface area contributed by atoms with Gasteiger partial charge in [0.15, 0.2) is 11.8 Å². The number of fused-ring (bicyclic) bond motifs is 1. The minimum absolute atomic E-state index is 0.186. The molecule has 1 unspecified atom stereocenters. The smallest absolute Gasteiger partial charge is 0.343 e. The van der Waals surface area contributed by atoms with Crippen molar-refractivity contribution in [2.45, 2.75) is 33.7 Å². The van der Waals surface area contributed by atoms with Gasteiger partial charge in [0, 0.05) is 5.39 Å². The van der Waals surface area contributed by atoms with Gasteiger partial charge in [-0.25, -0.2) is 9.48 Å². The molecule has 0 aliphatic carbocycles. The van der Waals surface area contributed by atoms with Gasteiger partial charge in [-0.15, -0.1) is 0 Å². The summed E-state index contributed by atoms with van der Waals surface area (Å²) in [6.45, 7) is 7.05. The first-order valence-corrected chi connectivity index (χ1v) is 11.4. The van der Waals surface area contributed by atoms with Crippen LogP contribution in [0.25, 0.3) is 10.9 Å². The zero-order valence-electron chi connectivity index (χ0n) is 19.8. The Bertz CT molecular complexity index is 1470. The largest absolute Gasteiger partial charge is 0.423 e. The average Bonchev–Trinajstić information content (AvgIpc) is 3.19. The Morgan fingerprint density at radius 3 is 2.40 bits per heavy atom. The highest BCUT2D eigenvalue weighted by atomic mass is 35.5. The molecule has 4 rings (SSSR count). The zero-order valence-corrected chi connectivity index (χ0v) is 20.5. The number of nitrogens with zero attached hydrogens (tertiary/aromatic N) is 2. The quantitative estimate of drug-likeness (QED) is 0.216. The van der Waals surface area contributed by atoms with E-state index in [4.69, 9.17) is 16.3 Å². The van der Waals surface area contributed by atoms with Gasteiger partial charge in [-0.3, -0.25) is 9.59 Å². The zero-order chi connectivity index (χ0) is 25.3. The summed E-state index contributed by atoms with van der Waals surface area (Å²) in [7, 11) is 0. The molecule has 1 aromatic heterocycles. The van der Waals surface area contributed by atoms with E-state index in [-0.39, 0.29) is 16.3 Å². The molecule has 0 bridgehead atoms. The van der Waals surface area contributed by atoms with Crippen LogP contribution in [0.15, 0.2) is 60.8 Å². The molecule has 0 fully saturated rings. The number of carbonyl (C=O) groups is 3. The first-order valence-electron chi connectivity index (χ1n) is 11.0. The highest BCUT2D eigenvalue weighted by molar-refractivity contribution is 6.34.